The maximum Gasteiger partial charge on any atom is 0.241 e. The van der Waals surface area contributed by atoms with Gasteiger partial charge in [-0.2, -0.15) is 9.98 Å². The van der Waals surface area contributed by atoms with E-state index in [1.54, 1.807) is 18.2 Å². The maximum absolute atomic E-state index is 12.5. The summed E-state index contributed by atoms with van der Waals surface area (Å²) >= 11 is 0. The van der Waals surface area contributed by atoms with Crippen molar-refractivity contribution in [3.63, 3.8) is 0 Å². The van der Waals surface area contributed by atoms with Crippen LogP contribution >= 0.6 is 0 Å². The van der Waals surface area contributed by atoms with Crippen molar-refractivity contribution in [2.24, 2.45) is 0 Å². The van der Waals surface area contributed by atoms with Crippen LogP contribution in [-0.4, -0.2) is 14.0 Å². The highest BCUT2D eigenvalue weighted by Gasteiger charge is 2.36. The van der Waals surface area contributed by atoms with Crippen LogP contribution in [0.1, 0.15) is 43.2 Å². The number of nitrogens with zero attached hydrogens (tertiary/aromatic N) is 1. The van der Waals surface area contributed by atoms with Crippen LogP contribution in [0.2, 0.25) is 0 Å². The fraction of sp³-hybridized carbons (Fsp3) is 0.533. The van der Waals surface area contributed by atoms with Crippen LogP contribution in [0.15, 0.2) is 23.1 Å². The molecule has 1 aliphatic carbocycles. The lowest BCUT2D eigenvalue weighted by atomic mass is 9.84. The first-order valence-electron chi connectivity index (χ1n) is 6.91. The van der Waals surface area contributed by atoms with E-state index in [1.807, 2.05) is 13.8 Å². The molecule has 1 fully saturated rings. The van der Waals surface area contributed by atoms with Crippen LogP contribution in [-0.2, 0) is 10.0 Å². The lowest BCUT2D eigenvalue weighted by Crippen LogP contribution is -2.48. The zero-order valence-corrected chi connectivity index (χ0v) is 12.8. The molecule has 0 radical (unpaired) electrons. The Morgan fingerprint density at radius 3 is 2.35 bits per heavy atom. The molecule has 0 saturated heterocycles. The summed E-state index contributed by atoms with van der Waals surface area (Å²) in [5.41, 5.74) is 1.05. The highest BCUT2D eigenvalue weighted by molar-refractivity contribution is 7.89. The van der Waals surface area contributed by atoms with Gasteiger partial charge in [-0.15, -0.1) is 0 Å². The number of sulfonamides is 1. The van der Waals surface area contributed by atoms with Gasteiger partial charge in [0, 0.05) is 0 Å². The molecule has 0 unspecified atom stereocenters. The smallest absolute Gasteiger partial charge is 0.207 e. The van der Waals surface area contributed by atoms with Crippen molar-refractivity contribution >= 4 is 10.0 Å². The van der Waals surface area contributed by atoms with E-state index >= 15 is 0 Å². The van der Waals surface area contributed by atoms with E-state index in [0.29, 0.717) is 12.8 Å². The van der Waals surface area contributed by atoms with Crippen molar-refractivity contribution in [1.82, 2.24) is 4.72 Å². The van der Waals surface area contributed by atoms with E-state index in [2.05, 4.69) is 10.8 Å². The van der Waals surface area contributed by atoms with E-state index in [9.17, 15) is 13.7 Å². The summed E-state index contributed by atoms with van der Waals surface area (Å²) in [6, 6.07) is 7.23. The predicted octanol–water partition coefficient (Wildman–Crippen LogP) is 2.81. The number of rotatable bonds is 3. The largest absolute Gasteiger partial charge is 0.241 e. The first-order valence-corrected chi connectivity index (χ1v) is 8.39. The predicted molar refractivity (Wildman–Crippen MR) is 77.7 cm³/mol. The number of benzene rings is 1. The van der Waals surface area contributed by atoms with Crippen LogP contribution in [0.4, 0.5) is 0 Å². The Hall–Kier alpha value is -1.38. The van der Waals surface area contributed by atoms with Gasteiger partial charge in [0.25, 0.3) is 0 Å². The quantitative estimate of drug-likeness (QED) is 0.931. The lowest BCUT2D eigenvalue weighted by Gasteiger charge is -2.31. The molecule has 0 amide bonds. The second-order valence-electron chi connectivity index (χ2n) is 5.61. The molecule has 108 valence electrons. The minimum Gasteiger partial charge on any atom is -0.207 e. The Balaban J connectivity index is 2.30. The minimum absolute atomic E-state index is 0.237. The molecule has 0 heterocycles. The molecule has 0 atom stereocenters. The Bertz CT molecular complexity index is 638. The summed E-state index contributed by atoms with van der Waals surface area (Å²) in [6.45, 7) is 3.83. The molecule has 20 heavy (non-hydrogen) atoms. The molecule has 0 bridgehead atoms. The summed E-state index contributed by atoms with van der Waals surface area (Å²) in [4.78, 5) is 0.237. The maximum atomic E-state index is 12.5. The van der Waals surface area contributed by atoms with E-state index in [1.165, 1.54) is 0 Å². The van der Waals surface area contributed by atoms with Crippen LogP contribution in [0.3, 0.4) is 0 Å². The fourth-order valence-electron chi connectivity index (χ4n) is 2.59. The molecule has 1 aliphatic rings. The average molecular weight is 292 g/mol. The summed E-state index contributed by atoms with van der Waals surface area (Å²) in [5.74, 6) is 0. The van der Waals surface area contributed by atoms with Crippen molar-refractivity contribution < 1.29 is 8.42 Å². The van der Waals surface area contributed by atoms with E-state index in [-0.39, 0.29) is 4.90 Å². The number of nitriles is 1. The van der Waals surface area contributed by atoms with Gasteiger partial charge in [-0.25, -0.2) is 8.42 Å². The Kier molecular flexibility index (Phi) is 4.17. The molecule has 1 saturated carbocycles. The minimum atomic E-state index is -3.64. The second kappa shape index (κ2) is 5.55. The van der Waals surface area contributed by atoms with Crippen molar-refractivity contribution in [1.29, 1.82) is 5.26 Å². The SMILES string of the molecule is Cc1ccc(S(=O)(=O)NC2(C#N)CCCCC2)cc1C. The topological polar surface area (TPSA) is 70.0 Å². The van der Waals surface area contributed by atoms with Crippen LogP contribution < -0.4 is 4.72 Å². The van der Waals surface area contributed by atoms with E-state index in [0.717, 1.165) is 30.4 Å². The molecule has 0 spiro atoms. The molecule has 0 aliphatic heterocycles. The zero-order valence-electron chi connectivity index (χ0n) is 11.9. The molecular formula is C15H20N2O2S. The molecule has 5 heteroatoms. The van der Waals surface area contributed by atoms with E-state index < -0.39 is 15.6 Å². The first kappa shape index (κ1) is 15.0. The molecule has 2 rings (SSSR count). The molecule has 1 N–H and O–H groups in total. The van der Waals surface area contributed by atoms with Gasteiger partial charge in [-0.1, -0.05) is 25.3 Å². The van der Waals surface area contributed by atoms with Gasteiger partial charge in [0.2, 0.25) is 10.0 Å². The van der Waals surface area contributed by atoms with Crippen molar-refractivity contribution in [2.75, 3.05) is 0 Å². The first-order chi connectivity index (χ1) is 9.38. The van der Waals surface area contributed by atoms with Gasteiger partial charge in [-0.3, -0.25) is 0 Å². The summed E-state index contributed by atoms with van der Waals surface area (Å²) in [6.07, 6.45) is 4.03. The number of hydrogen-bond acceptors (Lipinski definition) is 3. The summed E-state index contributed by atoms with van der Waals surface area (Å²) < 4.78 is 27.6. The second-order valence-corrected chi connectivity index (χ2v) is 7.29. The molecule has 0 aromatic heterocycles. The molecular weight excluding hydrogens is 272 g/mol. The van der Waals surface area contributed by atoms with Gasteiger partial charge in [0.15, 0.2) is 0 Å². The third-order valence-corrected chi connectivity index (χ3v) is 5.57. The lowest BCUT2D eigenvalue weighted by molar-refractivity contribution is 0.338. The number of aryl methyl sites for hydroxylation is 2. The molecule has 1 aromatic carbocycles. The van der Waals surface area contributed by atoms with Gasteiger partial charge in [0.1, 0.15) is 5.54 Å². The fourth-order valence-corrected chi connectivity index (χ4v) is 4.05. The van der Waals surface area contributed by atoms with E-state index in [4.69, 9.17) is 0 Å². The average Bonchev–Trinajstić information content (AvgIpc) is 2.42. The third kappa shape index (κ3) is 3.02. The number of nitrogens with one attached hydrogen (secondary N) is 1. The zero-order chi connectivity index (χ0) is 14.8. The van der Waals surface area contributed by atoms with Crippen LogP contribution in [0, 0.1) is 25.2 Å². The van der Waals surface area contributed by atoms with Gasteiger partial charge < -0.3 is 0 Å². The monoisotopic (exact) mass is 292 g/mol. The highest BCUT2D eigenvalue weighted by Crippen LogP contribution is 2.29. The Morgan fingerprint density at radius 1 is 1.15 bits per heavy atom. The van der Waals surface area contributed by atoms with Crippen LogP contribution in [0.25, 0.3) is 0 Å². The van der Waals surface area contributed by atoms with Crippen molar-refractivity contribution in [3.8, 4) is 6.07 Å². The normalized spacial score (nSPS) is 18.4. The van der Waals surface area contributed by atoms with Crippen molar-refractivity contribution in [3.05, 3.63) is 29.3 Å². The van der Waals surface area contributed by atoms with Crippen molar-refractivity contribution in [2.45, 2.75) is 56.4 Å². The van der Waals surface area contributed by atoms with Gasteiger partial charge in [0.05, 0.1) is 11.0 Å². The highest BCUT2D eigenvalue weighted by atomic mass is 32.2. The third-order valence-electron chi connectivity index (χ3n) is 4.04. The standard InChI is InChI=1S/C15H20N2O2S/c1-12-6-7-14(10-13(12)2)20(18,19)17-15(11-16)8-4-3-5-9-15/h6-7,10,17H,3-5,8-9H2,1-2H3. The molecule has 1 aromatic rings. The Labute approximate surface area is 120 Å². The van der Waals surface area contributed by atoms with Gasteiger partial charge >= 0.3 is 0 Å². The molecule has 4 nitrogen and oxygen atoms in total. The van der Waals surface area contributed by atoms with Gasteiger partial charge in [-0.05, 0) is 49.9 Å². The Morgan fingerprint density at radius 2 is 1.80 bits per heavy atom. The summed E-state index contributed by atoms with van der Waals surface area (Å²) in [7, 11) is -3.64. The number of hydrogen-bond donors (Lipinski definition) is 1. The van der Waals surface area contributed by atoms with Crippen LogP contribution in [0.5, 0.6) is 0 Å². The summed E-state index contributed by atoms with van der Waals surface area (Å²) in [5, 5.41) is 9.37.